The number of hydrogen-bond donors (Lipinski definition) is 1. The number of rotatable bonds is 6. The lowest BCUT2D eigenvalue weighted by Crippen LogP contribution is -2.24. The van der Waals surface area contributed by atoms with Gasteiger partial charge in [0.1, 0.15) is 11.6 Å². The molecule has 0 spiro atoms. The molecule has 0 aliphatic heterocycles. The Labute approximate surface area is 123 Å². The highest BCUT2D eigenvalue weighted by Crippen LogP contribution is 2.26. The number of hydrogen-bond acceptors (Lipinski definition) is 2. The van der Waals surface area contributed by atoms with Gasteiger partial charge in [-0.1, -0.05) is 24.6 Å². The summed E-state index contributed by atoms with van der Waals surface area (Å²) in [7, 11) is 0. The molecule has 2 nitrogen and oxygen atoms in total. The fourth-order valence-electron chi connectivity index (χ4n) is 2.20. The molecular weight excluding hydrogens is 277 g/mol. The summed E-state index contributed by atoms with van der Waals surface area (Å²) in [5, 5.41) is 3.88. The molecule has 1 N–H and O–H groups in total. The predicted octanol–water partition coefficient (Wildman–Crippen LogP) is 4.66. The standard InChI is InChI=1S/C16H19ClFNO/c1-3-7-19-16(12-8-11(2)20-10-12)9-13-14(17)5-4-6-15(13)18/h4-6,8,10,16,19H,3,7,9H2,1-2H3. The molecule has 0 radical (unpaired) electrons. The Morgan fingerprint density at radius 1 is 1.40 bits per heavy atom. The van der Waals surface area contributed by atoms with Crippen molar-refractivity contribution < 1.29 is 8.81 Å². The molecule has 0 aliphatic rings. The second kappa shape index (κ2) is 6.91. The van der Waals surface area contributed by atoms with E-state index in [1.807, 2.05) is 13.0 Å². The number of halogens is 2. The van der Waals surface area contributed by atoms with Crippen LogP contribution < -0.4 is 5.32 Å². The number of benzene rings is 1. The van der Waals surface area contributed by atoms with Crippen molar-refractivity contribution in [1.29, 1.82) is 0 Å². The van der Waals surface area contributed by atoms with E-state index in [2.05, 4.69) is 12.2 Å². The zero-order valence-electron chi connectivity index (χ0n) is 11.7. The van der Waals surface area contributed by atoms with Crippen molar-refractivity contribution >= 4 is 11.6 Å². The SMILES string of the molecule is CCCNC(Cc1c(F)cccc1Cl)c1coc(C)c1. The van der Waals surface area contributed by atoms with Crippen LogP contribution in [0.5, 0.6) is 0 Å². The van der Waals surface area contributed by atoms with E-state index in [4.69, 9.17) is 16.0 Å². The normalized spacial score (nSPS) is 12.6. The highest BCUT2D eigenvalue weighted by atomic mass is 35.5. The molecule has 1 unspecified atom stereocenters. The van der Waals surface area contributed by atoms with E-state index in [0.717, 1.165) is 24.3 Å². The van der Waals surface area contributed by atoms with Crippen LogP contribution >= 0.6 is 11.6 Å². The van der Waals surface area contributed by atoms with Crippen molar-refractivity contribution in [2.24, 2.45) is 0 Å². The van der Waals surface area contributed by atoms with Crippen molar-refractivity contribution in [2.75, 3.05) is 6.54 Å². The summed E-state index contributed by atoms with van der Waals surface area (Å²) in [5.41, 5.74) is 1.57. The maximum absolute atomic E-state index is 13.9. The minimum Gasteiger partial charge on any atom is -0.469 e. The Morgan fingerprint density at radius 2 is 2.20 bits per heavy atom. The van der Waals surface area contributed by atoms with E-state index < -0.39 is 0 Å². The molecular formula is C16H19ClFNO. The fraction of sp³-hybridized carbons (Fsp3) is 0.375. The number of aryl methyl sites for hydroxylation is 1. The number of furan rings is 1. The lowest BCUT2D eigenvalue weighted by Gasteiger charge is -2.18. The molecule has 0 saturated carbocycles. The third-order valence-corrected chi connectivity index (χ3v) is 3.62. The van der Waals surface area contributed by atoms with Crippen LogP contribution in [0, 0.1) is 12.7 Å². The Kier molecular flexibility index (Phi) is 5.21. The highest BCUT2D eigenvalue weighted by Gasteiger charge is 2.17. The zero-order valence-corrected chi connectivity index (χ0v) is 12.5. The Hall–Kier alpha value is -1.32. The van der Waals surface area contributed by atoms with Gasteiger partial charge in [0.05, 0.1) is 6.26 Å². The first kappa shape index (κ1) is 15.1. The van der Waals surface area contributed by atoms with Crippen LogP contribution in [-0.4, -0.2) is 6.54 Å². The van der Waals surface area contributed by atoms with Gasteiger partial charge in [0.25, 0.3) is 0 Å². The van der Waals surface area contributed by atoms with E-state index in [1.165, 1.54) is 6.07 Å². The maximum Gasteiger partial charge on any atom is 0.127 e. The van der Waals surface area contributed by atoms with Crippen LogP contribution in [0.3, 0.4) is 0 Å². The fourth-order valence-corrected chi connectivity index (χ4v) is 2.44. The van der Waals surface area contributed by atoms with E-state index in [1.54, 1.807) is 18.4 Å². The molecule has 1 aromatic carbocycles. The maximum atomic E-state index is 13.9. The Balaban J connectivity index is 2.23. The molecule has 1 aromatic heterocycles. The summed E-state index contributed by atoms with van der Waals surface area (Å²) in [6.45, 7) is 4.86. The highest BCUT2D eigenvalue weighted by molar-refractivity contribution is 6.31. The van der Waals surface area contributed by atoms with Gasteiger partial charge in [-0.2, -0.15) is 0 Å². The first-order valence-electron chi connectivity index (χ1n) is 6.83. The second-order valence-electron chi connectivity index (χ2n) is 4.90. The lowest BCUT2D eigenvalue weighted by molar-refractivity contribution is 0.495. The molecule has 0 bridgehead atoms. The summed E-state index contributed by atoms with van der Waals surface area (Å²) in [5.74, 6) is 0.587. The monoisotopic (exact) mass is 295 g/mol. The van der Waals surface area contributed by atoms with Gasteiger partial charge in [-0.15, -0.1) is 0 Å². The third kappa shape index (κ3) is 3.62. The molecule has 0 fully saturated rings. The first-order chi connectivity index (χ1) is 9.61. The quantitative estimate of drug-likeness (QED) is 0.838. The van der Waals surface area contributed by atoms with Gasteiger partial charge in [0, 0.05) is 22.2 Å². The van der Waals surface area contributed by atoms with Gasteiger partial charge in [0.2, 0.25) is 0 Å². The van der Waals surface area contributed by atoms with Crippen molar-refractivity contribution in [2.45, 2.75) is 32.7 Å². The topological polar surface area (TPSA) is 25.2 Å². The van der Waals surface area contributed by atoms with E-state index in [9.17, 15) is 4.39 Å². The average Bonchev–Trinajstić information content (AvgIpc) is 2.84. The van der Waals surface area contributed by atoms with E-state index >= 15 is 0 Å². The molecule has 2 aromatic rings. The minimum atomic E-state index is -0.263. The Bertz CT molecular complexity index is 547. The van der Waals surface area contributed by atoms with Gasteiger partial charge < -0.3 is 9.73 Å². The lowest BCUT2D eigenvalue weighted by atomic mass is 10.00. The molecule has 1 heterocycles. The summed E-state index contributed by atoms with van der Waals surface area (Å²) < 4.78 is 19.3. The minimum absolute atomic E-state index is 0.00167. The summed E-state index contributed by atoms with van der Waals surface area (Å²) >= 11 is 6.11. The molecule has 2 rings (SSSR count). The smallest absolute Gasteiger partial charge is 0.127 e. The summed E-state index contributed by atoms with van der Waals surface area (Å²) in [6, 6.07) is 6.76. The van der Waals surface area contributed by atoms with Crippen molar-refractivity contribution in [1.82, 2.24) is 5.32 Å². The van der Waals surface area contributed by atoms with Gasteiger partial charge in [-0.25, -0.2) is 4.39 Å². The Morgan fingerprint density at radius 3 is 2.80 bits per heavy atom. The molecule has 4 heteroatoms. The summed E-state index contributed by atoms with van der Waals surface area (Å²) in [6.07, 6.45) is 3.24. The van der Waals surface area contributed by atoms with Gasteiger partial charge >= 0.3 is 0 Å². The van der Waals surface area contributed by atoms with E-state index in [0.29, 0.717) is 17.0 Å². The van der Waals surface area contributed by atoms with Crippen molar-refractivity contribution in [3.8, 4) is 0 Å². The number of nitrogens with one attached hydrogen (secondary N) is 1. The largest absolute Gasteiger partial charge is 0.469 e. The molecule has 20 heavy (non-hydrogen) atoms. The van der Waals surface area contributed by atoms with Gasteiger partial charge in [-0.05, 0) is 44.5 Å². The van der Waals surface area contributed by atoms with Crippen LogP contribution in [0.4, 0.5) is 4.39 Å². The zero-order chi connectivity index (χ0) is 14.5. The average molecular weight is 296 g/mol. The second-order valence-corrected chi connectivity index (χ2v) is 5.31. The molecule has 108 valence electrons. The van der Waals surface area contributed by atoms with Crippen LogP contribution in [0.15, 0.2) is 34.9 Å². The van der Waals surface area contributed by atoms with Gasteiger partial charge in [0.15, 0.2) is 0 Å². The third-order valence-electron chi connectivity index (χ3n) is 3.26. The predicted molar refractivity (Wildman–Crippen MR) is 79.6 cm³/mol. The van der Waals surface area contributed by atoms with Crippen LogP contribution in [0.25, 0.3) is 0 Å². The van der Waals surface area contributed by atoms with Crippen LogP contribution in [-0.2, 0) is 6.42 Å². The van der Waals surface area contributed by atoms with Crippen molar-refractivity contribution in [3.05, 3.63) is 58.3 Å². The van der Waals surface area contributed by atoms with Crippen LogP contribution in [0.1, 0.15) is 36.3 Å². The van der Waals surface area contributed by atoms with Crippen LogP contribution in [0.2, 0.25) is 5.02 Å². The molecule has 0 aliphatic carbocycles. The summed E-state index contributed by atoms with van der Waals surface area (Å²) in [4.78, 5) is 0. The van der Waals surface area contributed by atoms with Crippen molar-refractivity contribution in [3.63, 3.8) is 0 Å². The van der Waals surface area contributed by atoms with Gasteiger partial charge in [-0.3, -0.25) is 0 Å². The first-order valence-corrected chi connectivity index (χ1v) is 7.21. The molecule has 0 saturated heterocycles. The molecule has 0 amide bonds. The molecule has 1 atom stereocenters. The van der Waals surface area contributed by atoms with E-state index in [-0.39, 0.29) is 11.9 Å².